The van der Waals surface area contributed by atoms with Crippen LogP contribution in [0.4, 0.5) is 0 Å². The summed E-state index contributed by atoms with van der Waals surface area (Å²) in [5, 5.41) is 3.49. The van der Waals surface area contributed by atoms with Gasteiger partial charge in [-0.3, -0.25) is 0 Å². The van der Waals surface area contributed by atoms with E-state index >= 15 is 0 Å². The topological polar surface area (TPSA) is 30.5 Å². The molecule has 0 unspecified atom stereocenters. The predicted molar refractivity (Wildman–Crippen MR) is 80.8 cm³/mol. The second-order valence-corrected chi connectivity index (χ2v) is 6.17. The first-order chi connectivity index (χ1) is 9.19. The van der Waals surface area contributed by atoms with Crippen molar-refractivity contribution in [1.82, 2.24) is 5.32 Å². The van der Waals surface area contributed by atoms with E-state index in [4.69, 9.17) is 9.47 Å². The Hall–Kier alpha value is -0.580. The predicted octanol–water partition coefficient (Wildman–Crippen LogP) is 3.02. The smallest absolute Gasteiger partial charge is 0.133 e. The fourth-order valence-electron chi connectivity index (χ4n) is 2.37. The molecule has 0 bridgehead atoms. The van der Waals surface area contributed by atoms with E-state index in [0.29, 0.717) is 5.41 Å². The van der Waals surface area contributed by atoms with E-state index in [2.05, 4.69) is 33.4 Å². The van der Waals surface area contributed by atoms with E-state index in [1.54, 1.807) is 14.2 Å². The Kier molecular flexibility index (Phi) is 5.25. The molecule has 0 radical (unpaired) electrons. The van der Waals surface area contributed by atoms with Gasteiger partial charge in [-0.05, 0) is 58.3 Å². The van der Waals surface area contributed by atoms with Crippen molar-refractivity contribution >= 4 is 15.9 Å². The lowest BCUT2D eigenvalue weighted by Gasteiger charge is -2.16. The summed E-state index contributed by atoms with van der Waals surface area (Å²) in [4.78, 5) is 0. The van der Waals surface area contributed by atoms with Gasteiger partial charge in [0.2, 0.25) is 0 Å². The van der Waals surface area contributed by atoms with Gasteiger partial charge >= 0.3 is 0 Å². The normalized spacial score (nSPS) is 16.4. The molecule has 4 heteroatoms. The van der Waals surface area contributed by atoms with E-state index in [9.17, 15) is 0 Å². The summed E-state index contributed by atoms with van der Waals surface area (Å²) >= 11 is 3.55. The van der Waals surface area contributed by atoms with Crippen molar-refractivity contribution in [2.24, 2.45) is 5.41 Å². The first-order valence-electron chi connectivity index (χ1n) is 6.71. The van der Waals surface area contributed by atoms with Crippen LogP contribution in [0.3, 0.4) is 0 Å². The van der Waals surface area contributed by atoms with E-state index in [1.165, 1.54) is 18.4 Å². The summed E-state index contributed by atoms with van der Waals surface area (Å²) in [5.41, 5.74) is 1.83. The van der Waals surface area contributed by atoms with Crippen LogP contribution in [0.25, 0.3) is 0 Å². The van der Waals surface area contributed by atoms with Crippen molar-refractivity contribution in [3.8, 4) is 5.75 Å². The number of ether oxygens (including phenoxy) is 2. The fourth-order valence-corrected chi connectivity index (χ4v) is 2.96. The number of methoxy groups -OCH3 is 2. The molecule has 0 amide bonds. The molecule has 3 nitrogen and oxygen atoms in total. The molecule has 0 heterocycles. The highest BCUT2D eigenvalue weighted by Gasteiger charge is 2.41. The molecule has 1 aromatic carbocycles. The summed E-state index contributed by atoms with van der Waals surface area (Å²) in [6.45, 7) is 2.80. The Morgan fingerprint density at radius 2 is 2.11 bits per heavy atom. The molecule has 19 heavy (non-hydrogen) atoms. The monoisotopic (exact) mass is 327 g/mol. The van der Waals surface area contributed by atoms with Gasteiger partial charge in [0.05, 0.1) is 18.2 Å². The average molecular weight is 328 g/mol. The maximum Gasteiger partial charge on any atom is 0.133 e. The van der Waals surface area contributed by atoms with Crippen LogP contribution < -0.4 is 10.1 Å². The van der Waals surface area contributed by atoms with Gasteiger partial charge in [0.1, 0.15) is 5.75 Å². The van der Waals surface area contributed by atoms with Crippen LogP contribution in [-0.4, -0.2) is 33.9 Å². The summed E-state index contributed by atoms with van der Waals surface area (Å²) < 4.78 is 11.4. The summed E-state index contributed by atoms with van der Waals surface area (Å²) in [6.07, 6.45) is 3.77. The molecule has 1 aliphatic rings. The highest BCUT2D eigenvalue weighted by Crippen LogP contribution is 2.48. The van der Waals surface area contributed by atoms with Gasteiger partial charge < -0.3 is 14.8 Å². The number of rotatable bonds is 8. The van der Waals surface area contributed by atoms with Crippen LogP contribution in [0.2, 0.25) is 0 Å². The Balaban J connectivity index is 1.88. The van der Waals surface area contributed by atoms with Crippen LogP contribution in [0, 0.1) is 5.41 Å². The minimum Gasteiger partial charge on any atom is -0.496 e. The first-order valence-corrected chi connectivity index (χ1v) is 7.50. The second kappa shape index (κ2) is 6.73. The maximum absolute atomic E-state index is 5.26. The van der Waals surface area contributed by atoms with Crippen molar-refractivity contribution in [1.29, 1.82) is 0 Å². The van der Waals surface area contributed by atoms with Crippen LogP contribution in [-0.2, 0) is 11.2 Å². The minimum absolute atomic E-state index is 0.460. The van der Waals surface area contributed by atoms with Crippen LogP contribution in [0.5, 0.6) is 5.75 Å². The van der Waals surface area contributed by atoms with Gasteiger partial charge in [0, 0.05) is 20.2 Å². The molecule has 0 atom stereocenters. The highest BCUT2D eigenvalue weighted by molar-refractivity contribution is 9.10. The lowest BCUT2D eigenvalue weighted by Crippen LogP contribution is -2.28. The van der Waals surface area contributed by atoms with Gasteiger partial charge in [-0.15, -0.1) is 0 Å². The highest BCUT2D eigenvalue weighted by atomic mass is 79.9. The number of halogens is 1. The minimum atomic E-state index is 0.460. The van der Waals surface area contributed by atoms with Gasteiger partial charge in [-0.2, -0.15) is 0 Å². The molecule has 1 N–H and O–H groups in total. The average Bonchev–Trinajstić information content (AvgIpc) is 3.15. The summed E-state index contributed by atoms with van der Waals surface area (Å²) in [6, 6.07) is 6.38. The zero-order valence-corrected chi connectivity index (χ0v) is 13.3. The van der Waals surface area contributed by atoms with Crippen molar-refractivity contribution in [2.45, 2.75) is 19.3 Å². The van der Waals surface area contributed by atoms with Gasteiger partial charge in [0.15, 0.2) is 0 Å². The molecular weight excluding hydrogens is 306 g/mol. The molecule has 0 aromatic heterocycles. The van der Waals surface area contributed by atoms with Gasteiger partial charge in [0.25, 0.3) is 0 Å². The Labute approximate surface area is 123 Å². The zero-order chi connectivity index (χ0) is 13.7. The lowest BCUT2D eigenvalue weighted by molar-refractivity contribution is 0.197. The third-order valence-corrected chi connectivity index (χ3v) is 4.36. The van der Waals surface area contributed by atoms with Gasteiger partial charge in [-0.25, -0.2) is 0 Å². The molecule has 1 aromatic rings. The van der Waals surface area contributed by atoms with E-state index in [1.807, 2.05) is 6.07 Å². The van der Waals surface area contributed by atoms with Crippen molar-refractivity contribution in [3.05, 3.63) is 28.2 Å². The molecule has 1 aliphatic carbocycles. The van der Waals surface area contributed by atoms with Crippen LogP contribution in [0.1, 0.15) is 18.4 Å². The molecule has 1 fully saturated rings. The van der Waals surface area contributed by atoms with Crippen molar-refractivity contribution in [2.75, 3.05) is 33.9 Å². The molecule has 1 saturated carbocycles. The molecule has 2 rings (SSSR count). The fraction of sp³-hybridized carbons (Fsp3) is 0.600. The van der Waals surface area contributed by atoms with Crippen molar-refractivity contribution < 1.29 is 9.47 Å². The quantitative estimate of drug-likeness (QED) is 0.744. The van der Waals surface area contributed by atoms with Gasteiger partial charge in [-0.1, -0.05) is 6.07 Å². The Morgan fingerprint density at radius 3 is 2.68 bits per heavy atom. The van der Waals surface area contributed by atoms with E-state index in [-0.39, 0.29) is 0 Å². The third-order valence-electron chi connectivity index (χ3n) is 3.74. The zero-order valence-electron chi connectivity index (χ0n) is 11.7. The molecule has 0 aliphatic heterocycles. The third kappa shape index (κ3) is 4.20. The summed E-state index contributed by atoms with van der Waals surface area (Å²) in [5.74, 6) is 0.895. The van der Waals surface area contributed by atoms with E-state index in [0.717, 1.165) is 36.3 Å². The van der Waals surface area contributed by atoms with Crippen molar-refractivity contribution in [3.63, 3.8) is 0 Å². The largest absolute Gasteiger partial charge is 0.496 e. The van der Waals surface area contributed by atoms with Crippen LogP contribution in [0.15, 0.2) is 22.7 Å². The number of hydrogen-bond donors (Lipinski definition) is 1. The first kappa shape index (κ1) is 14.8. The SMILES string of the molecule is COCCNCC1(Cc2ccc(OC)c(Br)c2)CC1. The Morgan fingerprint density at radius 1 is 1.32 bits per heavy atom. The lowest BCUT2D eigenvalue weighted by atomic mass is 9.96. The van der Waals surface area contributed by atoms with E-state index < -0.39 is 0 Å². The molecule has 0 spiro atoms. The summed E-state index contributed by atoms with van der Waals surface area (Å²) in [7, 11) is 3.44. The second-order valence-electron chi connectivity index (χ2n) is 5.32. The van der Waals surface area contributed by atoms with Crippen LogP contribution >= 0.6 is 15.9 Å². The Bertz CT molecular complexity index is 419. The number of nitrogens with one attached hydrogen (secondary N) is 1. The maximum atomic E-state index is 5.26. The molecule has 0 saturated heterocycles. The molecule has 106 valence electrons. The standard InChI is InChI=1S/C15H22BrNO2/c1-18-8-7-17-11-15(5-6-15)10-12-3-4-14(19-2)13(16)9-12/h3-4,9,17H,5-8,10-11H2,1-2H3. The number of benzene rings is 1. The molecular formula is C15H22BrNO2. The number of hydrogen-bond acceptors (Lipinski definition) is 3.